The zero-order valence-electron chi connectivity index (χ0n) is 15.2. The largest absolute Gasteiger partial charge is 0.458 e. The third-order valence-electron chi connectivity index (χ3n) is 6.90. The number of esters is 1. The minimum absolute atomic E-state index is 0.0107. The fourth-order valence-corrected chi connectivity index (χ4v) is 5.50. The molecule has 2 saturated carbocycles. The van der Waals surface area contributed by atoms with Gasteiger partial charge in [-0.05, 0) is 49.7 Å². The minimum Gasteiger partial charge on any atom is -0.458 e. The van der Waals surface area contributed by atoms with Gasteiger partial charge in [-0.2, -0.15) is 0 Å². The molecule has 4 atom stereocenters. The second kappa shape index (κ2) is 6.40. The first-order valence-corrected chi connectivity index (χ1v) is 9.60. The van der Waals surface area contributed by atoms with E-state index in [-0.39, 0.29) is 17.5 Å². The summed E-state index contributed by atoms with van der Waals surface area (Å²) in [5.74, 6) is 0.150. The predicted octanol–water partition coefficient (Wildman–Crippen LogP) is 4.19. The topological polar surface area (TPSA) is 44.8 Å². The van der Waals surface area contributed by atoms with Gasteiger partial charge in [0, 0.05) is 11.8 Å². The third kappa shape index (κ3) is 2.70. The summed E-state index contributed by atoms with van der Waals surface area (Å²) >= 11 is 0. The van der Waals surface area contributed by atoms with Crippen LogP contribution in [0.15, 0.2) is 30.3 Å². The number of carbonyl (C=O) groups excluding carboxylic acids is 1. The van der Waals surface area contributed by atoms with Crippen LogP contribution in [0.25, 0.3) is 0 Å². The van der Waals surface area contributed by atoms with Crippen LogP contribution in [0.3, 0.4) is 0 Å². The second-order valence-corrected chi connectivity index (χ2v) is 8.07. The van der Waals surface area contributed by atoms with Gasteiger partial charge >= 0.3 is 5.97 Å². The Morgan fingerprint density at radius 2 is 1.84 bits per heavy atom. The molecule has 1 saturated heterocycles. The molecule has 1 spiro atoms. The summed E-state index contributed by atoms with van der Waals surface area (Å²) < 4.78 is 18.2. The number of fused-ring (bicyclic) bond motifs is 2. The van der Waals surface area contributed by atoms with E-state index in [0.29, 0.717) is 30.6 Å². The molecular weight excluding hydrogens is 316 g/mol. The molecule has 0 bridgehead atoms. The lowest BCUT2D eigenvalue weighted by Crippen LogP contribution is -2.59. The maximum Gasteiger partial charge on any atom is 0.338 e. The summed E-state index contributed by atoms with van der Waals surface area (Å²) in [6.07, 6.45) is 5.09. The van der Waals surface area contributed by atoms with Gasteiger partial charge in [0.2, 0.25) is 0 Å². The molecule has 4 nitrogen and oxygen atoms in total. The first kappa shape index (κ1) is 17.0. The Bertz CT molecular complexity index is 622. The van der Waals surface area contributed by atoms with Crippen LogP contribution in [0.4, 0.5) is 0 Å². The molecule has 136 valence electrons. The molecule has 3 aliphatic rings. The standard InChI is InChI=1S/C21H28O4/c1-15-17-9-6-11-21(23-13-14-24-21)20(17,2)12-10-18(15)25-19(22)16-7-4-3-5-8-16/h3-5,7-8,15,17-18H,6,9-14H2,1-2H3/t15-,17-,18?,20-/m1/s1. The van der Waals surface area contributed by atoms with E-state index in [2.05, 4.69) is 13.8 Å². The van der Waals surface area contributed by atoms with E-state index in [4.69, 9.17) is 14.2 Å². The van der Waals surface area contributed by atoms with Crippen LogP contribution in [-0.2, 0) is 14.2 Å². The van der Waals surface area contributed by atoms with Gasteiger partial charge in [-0.15, -0.1) is 0 Å². The van der Waals surface area contributed by atoms with Crippen molar-refractivity contribution < 1.29 is 19.0 Å². The number of carbonyl (C=O) groups is 1. The van der Waals surface area contributed by atoms with Crippen LogP contribution in [0.1, 0.15) is 56.3 Å². The molecule has 1 heterocycles. The zero-order chi connectivity index (χ0) is 17.5. The summed E-state index contributed by atoms with van der Waals surface area (Å²) in [5, 5.41) is 0. The molecule has 3 fully saturated rings. The highest BCUT2D eigenvalue weighted by Gasteiger charge is 2.62. The van der Waals surface area contributed by atoms with Crippen molar-refractivity contribution in [3.05, 3.63) is 35.9 Å². The average Bonchev–Trinajstić information content (AvgIpc) is 3.10. The molecule has 25 heavy (non-hydrogen) atoms. The van der Waals surface area contributed by atoms with E-state index in [1.165, 1.54) is 0 Å². The highest BCUT2D eigenvalue weighted by Crippen LogP contribution is 2.60. The number of ether oxygens (including phenoxy) is 3. The van der Waals surface area contributed by atoms with Crippen LogP contribution in [0, 0.1) is 17.3 Å². The van der Waals surface area contributed by atoms with Crippen molar-refractivity contribution in [1.29, 1.82) is 0 Å². The van der Waals surface area contributed by atoms with Gasteiger partial charge in [-0.3, -0.25) is 0 Å². The highest BCUT2D eigenvalue weighted by molar-refractivity contribution is 5.89. The fourth-order valence-electron chi connectivity index (χ4n) is 5.50. The Morgan fingerprint density at radius 3 is 2.56 bits per heavy atom. The Kier molecular flexibility index (Phi) is 4.37. The maximum atomic E-state index is 12.5. The number of hydrogen-bond acceptors (Lipinski definition) is 4. The van der Waals surface area contributed by atoms with Crippen LogP contribution < -0.4 is 0 Å². The Labute approximate surface area is 149 Å². The molecule has 0 N–H and O–H groups in total. The van der Waals surface area contributed by atoms with Gasteiger partial charge in [0.05, 0.1) is 18.8 Å². The lowest BCUT2D eigenvalue weighted by atomic mass is 9.53. The molecule has 0 amide bonds. The molecule has 4 rings (SSSR count). The van der Waals surface area contributed by atoms with Gasteiger partial charge in [0.25, 0.3) is 0 Å². The van der Waals surface area contributed by atoms with Crippen molar-refractivity contribution in [3.8, 4) is 0 Å². The van der Waals surface area contributed by atoms with Crippen LogP contribution >= 0.6 is 0 Å². The molecule has 2 aliphatic carbocycles. The lowest BCUT2D eigenvalue weighted by Gasteiger charge is -2.58. The van der Waals surface area contributed by atoms with Gasteiger partial charge in [0.1, 0.15) is 6.10 Å². The molecule has 1 aromatic carbocycles. The normalized spacial score (nSPS) is 36.8. The maximum absolute atomic E-state index is 12.5. The summed E-state index contributed by atoms with van der Waals surface area (Å²) in [5.41, 5.74) is 0.641. The Hall–Kier alpha value is -1.39. The average molecular weight is 344 g/mol. The molecule has 0 radical (unpaired) electrons. The molecule has 0 aromatic heterocycles. The van der Waals surface area contributed by atoms with E-state index in [1.54, 1.807) is 0 Å². The SMILES string of the molecule is C[C@H]1C(OC(=O)c2ccccc2)CC[C@]2(C)[C@@H]1CCCC21OCCO1. The third-order valence-corrected chi connectivity index (χ3v) is 6.90. The Morgan fingerprint density at radius 1 is 1.12 bits per heavy atom. The predicted molar refractivity (Wildman–Crippen MR) is 94.1 cm³/mol. The van der Waals surface area contributed by atoms with Crippen molar-refractivity contribution >= 4 is 5.97 Å². The summed E-state index contributed by atoms with van der Waals surface area (Å²) in [7, 11) is 0. The monoisotopic (exact) mass is 344 g/mol. The van der Waals surface area contributed by atoms with E-state index in [0.717, 1.165) is 32.1 Å². The number of hydrogen-bond donors (Lipinski definition) is 0. The Balaban J connectivity index is 1.51. The fraction of sp³-hybridized carbons (Fsp3) is 0.667. The van der Waals surface area contributed by atoms with Crippen LogP contribution in [-0.4, -0.2) is 31.1 Å². The van der Waals surface area contributed by atoms with Crippen molar-refractivity contribution in [2.24, 2.45) is 17.3 Å². The highest BCUT2D eigenvalue weighted by atomic mass is 16.7. The van der Waals surface area contributed by atoms with Crippen molar-refractivity contribution in [1.82, 2.24) is 0 Å². The van der Waals surface area contributed by atoms with Gasteiger partial charge in [0.15, 0.2) is 5.79 Å². The van der Waals surface area contributed by atoms with Crippen molar-refractivity contribution in [3.63, 3.8) is 0 Å². The first-order chi connectivity index (χ1) is 12.1. The summed E-state index contributed by atoms with van der Waals surface area (Å²) in [6.45, 7) is 5.96. The molecule has 4 heteroatoms. The second-order valence-electron chi connectivity index (χ2n) is 8.07. The molecule has 1 aliphatic heterocycles. The quantitative estimate of drug-likeness (QED) is 0.755. The number of benzene rings is 1. The summed E-state index contributed by atoms with van der Waals surface area (Å²) in [4.78, 5) is 12.5. The van der Waals surface area contributed by atoms with Crippen LogP contribution in [0.2, 0.25) is 0 Å². The van der Waals surface area contributed by atoms with E-state index < -0.39 is 5.79 Å². The zero-order valence-corrected chi connectivity index (χ0v) is 15.2. The van der Waals surface area contributed by atoms with Crippen LogP contribution in [0.5, 0.6) is 0 Å². The minimum atomic E-state index is -0.418. The van der Waals surface area contributed by atoms with Gasteiger partial charge < -0.3 is 14.2 Å². The molecular formula is C21H28O4. The van der Waals surface area contributed by atoms with E-state index >= 15 is 0 Å². The smallest absolute Gasteiger partial charge is 0.338 e. The van der Waals surface area contributed by atoms with Crippen molar-refractivity contribution in [2.45, 2.75) is 57.8 Å². The van der Waals surface area contributed by atoms with Gasteiger partial charge in [-0.1, -0.05) is 32.0 Å². The summed E-state index contributed by atoms with van der Waals surface area (Å²) in [6, 6.07) is 9.29. The molecule has 1 unspecified atom stereocenters. The first-order valence-electron chi connectivity index (χ1n) is 9.60. The van der Waals surface area contributed by atoms with E-state index in [9.17, 15) is 4.79 Å². The number of rotatable bonds is 2. The van der Waals surface area contributed by atoms with Crippen molar-refractivity contribution in [2.75, 3.05) is 13.2 Å². The molecule has 1 aromatic rings. The van der Waals surface area contributed by atoms with Gasteiger partial charge in [-0.25, -0.2) is 4.79 Å². The van der Waals surface area contributed by atoms with E-state index in [1.807, 2.05) is 30.3 Å². The lowest BCUT2D eigenvalue weighted by molar-refractivity contribution is -0.288.